The summed E-state index contributed by atoms with van der Waals surface area (Å²) in [6.45, 7) is 5.89. The van der Waals surface area contributed by atoms with Crippen molar-refractivity contribution in [3.8, 4) is 5.75 Å². The minimum Gasteiger partial charge on any atom is -0.506 e. The van der Waals surface area contributed by atoms with Gasteiger partial charge in [0.25, 0.3) is 5.91 Å². The molecule has 0 aliphatic heterocycles. The second kappa shape index (κ2) is 13.6. The molecule has 2 amide bonds. The lowest BCUT2D eigenvalue weighted by Gasteiger charge is -2.18. The predicted molar refractivity (Wildman–Crippen MR) is 159 cm³/mol. The van der Waals surface area contributed by atoms with E-state index in [1.165, 1.54) is 30.3 Å². The number of hydrogen-bond acceptors (Lipinski definition) is 6. The van der Waals surface area contributed by atoms with Crippen LogP contribution in [0.5, 0.6) is 5.75 Å². The van der Waals surface area contributed by atoms with Gasteiger partial charge >= 0.3 is 0 Å². The average Bonchev–Trinajstić information content (AvgIpc) is 2.90. The molecule has 3 N–H and O–H groups in total. The van der Waals surface area contributed by atoms with E-state index < -0.39 is 26.9 Å². The van der Waals surface area contributed by atoms with E-state index in [0.29, 0.717) is 16.5 Å². The van der Waals surface area contributed by atoms with Crippen LogP contribution in [0.4, 0.5) is 11.4 Å². The number of carbonyl (C=O) groups is 2. The summed E-state index contributed by atoms with van der Waals surface area (Å²) in [5, 5.41) is 14.6. The summed E-state index contributed by atoms with van der Waals surface area (Å²) < 4.78 is 26.6. The first-order chi connectivity index (χ1) is 18.5. The number of phenolic OH excluding ortho intramolecular Hbond substituents is 1. The SMILES string of the molecule is CCC(C)CSc1ccc(S(=O)(=O)C(CC)C(=O)Nc2cc(O)c(NC(=O)c3ccc(Cl)cc3)cc2Cl)cc1. The highest BCUT2D eigenvalue weighted by Gasteiger charge is 2.33. The fourth-order valence-corrected chi connectivity index (χ4v) is 6.56. The Hall–Kier alpha value is -2.72. The third-order valence-corrected chi connectivity index (χ3v) is 10.3. The predicted octanol–water partition coefficient (Wildman–Crippen LogP) is 7.28. The average molecular weight is 610 g/mol. The molecule has 0 aromatic heterocycles. The molecule has 0 saturated carbocycles. The zero-order valence-electron chi connectivity index (χ0n) is 21.7. The van der Waals surface area contributed by atoms with Crippen LogP contribution in [0.2, 0.25) is 10.0 Å². The van der Waals surface area contributed by atoms with Crippen LogP contribution >= 0.6 is 35.0 Å². The normalized spacial score (nSPS) is 12.9. The topological polar surface area (TPSA) is 113 Å². The lowest BCUT2D eigenvalue weighted by atomic mass is 10.2. The molecule has 0 saturated heterocycles. The zero-order chi connectivity index (χ0) is 28.7. The first-order valence-corrected chi connectivity index (χ1v) is 15.6. The van der Waals surface area contributed by atoms with Gasteiger partial charge in [0.1, 0.15) is 11.0 Å². The summed E-state index contributed by atoms with van der Waals surface area (Å²) in [7, 11) is -4.00. The number of thioether (sulfide) groups is 1. The van der Waals surface area contributed by atoms with Crippen LogP contribution in [0.1, 0.15) is 44.0 Å². The van der Waals surface area contributed by atoms with Gasteiger partial charge < -0.3 is 15.7 Å². The van der Waals surface area contributed by atoms with Crippen molar-refractivity contribution in [1.29, 1.82) is 0 Å². The number of aromatic hydroxyl groups is 1. The molecule has 3 rings (SSSR count). The molecule has 3 aromatic rings. The van der Waals surface area contributed by atoms with Crippen molar-refractivity contribution >= 4 is 68.0 Å². The molecule has 0 aliphatic carbocycles. The zero-order valence-corrected chi connectivity index (χ0v) is 24.8. The second-order valence-electron chi connectivity index (χ2n) is 9.04. The molecular weight excluding hydrogens is 579 g/mol. The number of halogens is 2. The van der Waals surface area contributed by atoms with Crippen LogP contribution in [-0.2, 0) is 14.6 Å². The van der Waals surface area contributed by atoms with Crippen molar-refractivity contribution in [3.63, 3.8) is 0 Å². The summed E-state index contributed by atoms with van der Waals surface area (Å²) in [4.78, 5) is 26.5. The Labute approximate surface area is 243 Å². The molecule has 7 nitrogen and oxygen atoms in total. The van der Waals surface area contributed by atoms with Gasteiger partial charge in [-0.15, -0.1) is 11.8 Å². The van der Waals surface area contributed by atoms with Gasteiger partial charge in [-0.1, -0.05) is 50.4 Å². The van der Waals surface area contributed by atoms with E-state index in [2.05, 4.69) is 24.5 Å². The number of benzene rings is 3. The molecule has 11 heteroatoms. The second-order valence-corrected chi connectivity index (χ2v) is 13.1. The maximum atomic E-state index is 13.3. The number of hydrogen-bond donors (Lipinski definition) is 3. The van der Waals surface area contributed by atoms with E-state index in [9.17, 15) is 23.1 Å². The summed E-state index contributed by atoms with van der Waals surface area (Å²) >= 11 is 13.8. The smallest absolute Gasteiger partial charge is 0.255 e. The van der Waals surface area contributed by atoms with Crippen molar-refractivity contribution in [3.05, 3.63) is 76.3 Å². The summed E-state index contributed by atoms with van der Waals surface area (Å²) in [5.74, 6) is -0.173. The Balaban J connectivity index is 1.73. The van der Waals surface area contributed by atoms with E-state index in [4.69, 9.17) is 23.2 Å². The first-order valence-electron chi connectivity index (χ1n) is 12.3. The van der Waals surface area contributed by atoms with E-state index >= 15 is 0 Å². The third kappa shape index (κ3) is 7.91. The summed E-state index contributed by atoms with van der Waals surface area (Å²) in [5.41, 5.74) is 0.337. The standard InChI is InChI=1S/C28H30Cl2N2O5S2/c1-4-17(3)16-38-20-10-12-21(13-11-20)39(36,37)26(5-2)28(35)31-23-15-25(33)24(14-22(23)30)32-27(34)18-6-8-19(29)9-7-18/h6-15,17,26,33H,4-5,16H2,1-3H3,(H,31,35)(H,32,34). The first kappa shape index (κ1) is 30.8. The maximum absolute atomic E-state index is 13.3. The lowest BCUT2D eigenvalue weighted by molar-refractivity contribution is -0.115. The number of phenols is 1. The molecule has 0 radical (unpaired) electrons. The monoisotopic (exact) mass is 608 g/mol. The Morgan fingerprint density at radius 2 is 1.56 bits per heavy atom. The van der Waals surface area contributed by atoms with Gasteiger partial charge in [-0.25, -0.2) is 8.42 Å². The third-order valence-electron chi connectivity index (χ3n) is 6.12. The number of sulfone groups is 1. The van der Waals surface area contributed by atoms with Crippen LogP contribution in [0.3, 0.4) is 0 Å². The molecule has 2 atom stereocenters. The number of rotatable bonds is 11. The maximum Gasteiger partial charge on any atom is 0.255 e. The quantitative estimate of drug-likeness (QED) is 0.156. The highest BCUT2D eigenvalue weighted by Crippen LogP contribution is 2.35. The van der Waals surface area contributed by atoms with E-state index in [1.807, 2.05) is 0 Å². The van der Waals surface area contributed by atoms with Crippen LogP contribution < -0.4 is 10.6 Å². The minimum atomic E-state index is -4.00. The van der Waals surface area contributed by atoms with Crippen LogP contribution in [0.25, 0.3) is 0 Å². The number of carbonyl (C=O) groups excluding carboxylic acids is 2. The fraction of sp³-hybridized carbons (Fsp3) is 0.286. The van der Waals surface area contributed by atoms with Gasteiger partial charge in [0, 0.05) is 27.3 Å². The van der Waals surface area contributed by atoms with Crippen molar-refractivity contribution in [2.24, 2.45) is 5.92 Å². The molecule has 3 aromatic carbocycles. The Bertz CT molecular complexity index is 1430. The molecular formula is C28H30Cl2N2O5S2. The molecule has 39 heavy (non-hydrogen) atoms. The summed E-state index contributed by atoms with van der Waals surface area (Å²) in [6.07, 6.45) is 1.09. The van der Waals surface area contributed by atoms with Crippen LogP contribution in [0, 0.1) is 5.92 Å². The van der Waals surface area contributed by atoms with Gasteiger partial charge in [0.05, 0.1) is 21.3 Å². The molecule has 208 valence electrons. The molecule has 0 aliphatic rings. The molecule has 0 spiro atoms. The van der Waals surface area contributed by atoms with Crippen molar-refractivity contribution in [1.82, 2.24) is 0 Å². The fourth-order valence-electron chi connectivity index (χ4n) is 3.56. The molecule has 0 bridgehead atoms. The van der Waals surface area contributed by atoms with Gasteiger partial charge in [-0.05, 0) is 66.9 Å². The highest BCUT2D eigenvalue weighted by atomic mass is 35.5. The van der Waals surface area contributed by atoms with Crippen LogP contribution in [0.15, 0.2) is 70.5 Å². The summed E-state index contributed by atoms with van der Waals surface area (Å²) in [6, 6.07) is 15.1. The van der Waals surface area contributed by atoms with E-state index in [0.717, 1.165) is 23.1 Å². The van der Waals surface area contributed by atoms with Crippen LogP contribution in [-0.4, -0.2) is 36.3 Å². The van der Waals surface area contributed by atoms with Gasteiger partial charge in [-0.3, -0.25) is 9.59 Å². The van der Waals surface area contributed by atoms with Gasteiger partial charge in [-0.2, -0.15) is 0 Å². The largest absolute Gasteiger partial charge is 0.506 e. The molecule has 0 fully saturated rings. The highest BCUT2D eigenvalue weighted by molar-refractivity contribution is 7.99. The minimum absolute atomic E-state index is 0.00231. The molecule has 2 unspecified atom stereocenters. The van der Waals surface area contributed by atoms with Gasteiger partial charge in [0.2, 0.25) is 5.91 Å². The molecule has 0 heterocycles. The Morgan fingerprint density at radius 1 is 0.923 bits per heavy atom. The van der Waals surface area contributed by atoms with E-state index in [1.54, 1.807) is 43.0 Å². The number of amides is 2. The Morgan fingerprint density at radius 3 is 2.15 bits per heavy atom. The number of nitrogens with one attached hydrogen (secondary N) is 2. The van der Waals surface area contributed by atoms with Gasteiger partial charge in [0.15, 0.2) is 9.84 Å². The Kier molecular flexibility index (Phi) is 10.7. The van der Waals surface area contributed by atoms with Crippen molar-refractivity contribution < 1.29 is 23.1 Å². The van der Waals surface area contributed by atoms with Crippen molar-refractivity contribution in [2.75, 3.05) is 16.4 Å². The van der Waals surface area contributed by atoms with Crippen molar-refractivity contribution in [2.45, 2.75) is 48.7 Å². The van der Waals surface area contributed by atoms with E-state index in [-0.39, 0.29) is 33.5 Å². The lowest BCUT2D eigenvalue weighted by Crippen LogP contribution is -2.34. The number of anilines is 2.